The molecule has 0 aliphatic heterocycles. The number of hydrogen-bond donors (Lipinski definition) is 0. The summed E-state index contributed by atoms with van der Waals surface area (Å²) in [5.41, 5.74) is 4.88. The first-order chi connectivity index (χ1) is 15.4. The van der Waals surface area contributed by atoms with E-state index >= 15 is 0 Å². The Labute approximate surface area is 182 Å². The Morgan fingerprint density at radius 3 is 2.39 bits per heavy atom. The van der Waals surface area contributed by atoms with Crippen molar-refractivity contribution in [3.05, 3.63) is 97.2 Å². The molecular formula is C24H16N6S. The molecule has 6 rings (SSSR count). The molecule has 1 aromatic carbocycles. The molecule has 0 N–H and O–H groups in total. The van der Waals surface area contributed by atoms with Gasteiger partial charge in [-0.05, 0) is 54.6 Å². The van der Waals surface area contributed by atoms with Crippen LogP contribution in [0.5, 0.6) is 0 Å². The molecule has 0 aliphatic rings. The minimum absolute atomic E-state index is 0.853. The van der Waals surface area contributed by atoms with Crippen LogP contribution in [0, 0.1) is 0 Å². The molecular weight excluding hydrogens is 404 g/mol. The van der Waals surface area contributed by atoms with Gasteiger partial charge in [-0.25, -0.2) is 15.0 Å². The third-order valence-corrected chi connectivity index (χ3v) is 5.95. The van der Waals surface area contributed by atoms with Crippen LogP contribution in [-0.2, 0) is 0 Å². The second-order valence-electron chi connectivity index (χ2n) is 7.01. The molecule has 31 heavy (non-hydrogen) atoms. The van der Waals surface area contributed by atoms with Gasteiger partial charge in [0.15, 0.2) is 0 Å². The molecule has 0 fully saturated rings. The highest BCUT2D eigenvalue weighted by Crippen LogP contribution is 2.29. The number of pyridine rings is 2. The highest BCUT2D eigenvalue weighted by Gasteiger charge is 2.15. The van der Waals surface area contributed by atoms with E-state index in [4.69, 9.17) is 4.98 Å². The quantitative estimate of drug-likeness (QED) is 0.383. The number of benzene rings is 1. The van der Waals surface area contributed by atoms with E-state index in [2.05, 4.69) is 60.5 Å². The van der Waals surface area contributed by atoms with E-state index in [1.807, 2.05) is 42.2 Å². The van der Waals surface area contributed by atoms with Gasteiger partial charge < -0.3 is 4.57 Å². The number of hydrogen-bond acceptors (Lipinski definition) is 5. The first kappa shape index (κ1) is 17.7. The Morgan fingerprint density at radius 1 is 0.742 bits per heavy atom. The fourth-order valence-electron chi connectivity index (χ4n) is 3.68. The lowest BCUT2D eigenvalue weighted by atomic mass is 10.2. The number of nitrogens with zero attached hydrogens (tertiary/aromatic N) is 6. The average Bonchev–Trinajstić information content (AvgIpc) is 3.59. The minimum Gasteiger partial charge on any atom is -0.301 e. The largest absolute Gasteiger partial charge is 0.301 e. The normalized spacial score (nSPS) is 11.2. The van der Waals surface area contributed by atoms with E-state index in [9.17, 15) is 0 Å². The van der Waals surface area contributed by atoms with Crippen LogP contribution in [-0.4, -0.2) is 29.1 Å². The lowest BCUT2D eigenvalue weighted by Gasteiger charge is -2.09. The second kappa shape index (κ2) is 7.30. The van der Waals surface area contributed by atoms with Crippen LogP contribution in [0.2, 0.25) is 0 Å². The Kier molecular flexibility index (Phi) is 4.18. The molecule has 0 spiro atoms. The van der Waals surface area contributed by atoms with E-state index in [1.165, 1.54) is 0 Å². The highest BCUT2D eigenvalue weighted by molar-refractivity contribution is 7.13. The van der Waals surface area contributed by atoms with Gasteiger partial charge in [-0.1, -0.05) is 0 Å². The van der Waals surface area contributed by atoms with Crippen molar-refractivity contribution in [3.63, 3.8) is 0 Å². The summed E-state index contributed by atoms with van der Waals surface area (Å²) in [6, 6.07) is 18.4. The molecule has 0 radical (unpaired) electrons. The zero-order valence-electron chi connectivity index (χ0n) is 16.3. The first-order valence-corrected chi connectivity index (χ1v) is 10.7. The summed E-state index contributed by atoms with van der Waals surface area (Å²) in [5, 5.41) is 3.98. The molecule has 0 amide bonds. The lowest BCUT2D eigenvalue weighted by molar-refractivity contribution is 1.05. The monoisotopic (exact) mass is 420 g/mol. The van der Waals surface area contributed by atoms with Crippen LogP contribution >= 0.6 is 11.3 Å². The lowest BCUT2D eigenvalue weighted by Crippen LogP contribution is -1.97. The molecule has 5 heterocycles. The molecule has 0 saturated heterocycles. The molecule has 6 nitrogen and oxygen atoms in total. The van der Waals surface area contributed by atoms with Gasteiger partial charge in [0, 0.05) is 59.2 Å². The summed E-state index contributed by atoms with van der Waals surface area (Å²) in [7, 11) is 0. The van der Waals surface area contributed by atoms with Crippen LogP contribution in [0.25, 0.3) is 44.5 Å². The number of fused-ring (bicyclic) bond motifs is 1. The SMILES string of the molecule is c1cnc2c(c1)ccn2-c1ccc(-c2nc(-c3nccs3)cn2-c2ccncc2)cc1. The third kappa shape index (κ3) is 3.12. The maximum Gasteiger partial charge on any atom is 0.145 e. The fourth-order valence-corrected chi connectivity index (χ4v) is 4.28. The Bertz CT molecular complexity index is 1460. The molecule has 148 valence electrons. The van der Waals surface area contributed by atoms with Gasteiger partial charge in [0.25, 0.3) is 0 Å². The maximum atomic E-state index is 4.91. The van der Waals surface area contributed by atoms with E-state index in [0.29, 0.717) is 0 Å². The van der Waals surface area contributed by atoms with Gasteiger partial charge in [0.1, 0.15) is 22.2 Å². The maximum absolute atomic E-state index is 4.91. The molecule has 0 bridgehead atoms. The van der Waals surface area contributed by atoms with Crippen LogP contribution in [0.3, 0.4) is 0 Å². The van der Waals surface area contributed by atoms with E-state index in [-0.39, 0.29) is 0 Å². The summed E-state index contributed by atoms with van der Waals surface area (Å²) in [4.78, 5) is 18.0. The van der Waals surface area contributed by atoms with Crippen LogP contribution < -0.4 is 0 Å². The summed E-state index contributed by atoms with van der Waals surface area (Å²) in [6.07, 6.45) is 11.3. The molecule has 0 unspecified atom stereocenters. The Hall–Kier alpha value is -4.10. The van der Waals surface area contributed by atoms with Crippen molar-refractivity contribution in [1.29, 1.82) is 0 Å². The van der Waals surface area contributed by atoms with E-state index in [1.54, 1.807) is 29.9 Å². The molecule has 7 heteroatoms. The summed E-state index contributed by atoms with van der Waals surface area (Å²) < 4.78 is 4.18. The Morgan fingerprint density at radius 2 is 1.58 bits per heavy atom. The van der Waals surface area contributed by atoms with E-state index in [0.717, 1.165) is 44.5 Å². The van der Waals surface area contributed by atoms with Crippen molar-refractivity contribution >= 4 is 22.4 Å². The Balaban J connectivity index is 1.45. The van der Waals surface area contributed by atoms with Crippen molar-refractivity contribution < 1.29 is 0 Å². The fraction of sp³-hybridized carbons (Fsp3) is 0. The smallest absolute Gasteiger partial charge is 0.145 e. The number of thiazole rings is 1. The zero-order valence-corrected chi connectivity index (χ0v) is 17.1. The number of rotatable bonds is 4. The number of imidazole rings is 1. The van der Waals surface area contributed by atoms with Gasteiger partial charge in [-0.2, -0.15) is 0 Å². The highest BCUT2D eigenvalue weighted by atomic mass is 32.1. The van der Waals surface area contributed by atoms with Gasteiger partial charge >= 0.3 is 0 Å². The molecule has 0 saturated carbocycles. The van der Waals surface area contributed by atoms with Crippen molar-refractivity contribution in [1.82, 2.24) is 29.1 Å². The zero-order chi connectivity index (χ0) is 20.6. The molecule has 0 aliphatic carbocycles. The van der Waals surface area contributed by atoms with Gasteiger partial charge in [-0.15, -0.1) is 11.3 Å². The topological polar surface area (TPSA) is 61.4 Å². The van der Waals surface area contributed by atoms with Crippen LogP contribution in [0.4, 0.5) is 0 Å². The number of aromatic nitrogens is 6. The predicted octanol–water partition coefficient (Wildman–Crippen LogP) is 5.40. The summed E-state index contributed by atoms with van der Waals surface area (Å²) >= 11 is 1.58. The van der Waals surface area contributed by atoms with Crippen molar-refractivity contribution in [3.8, 4) is 33.5 Å². The molecule has 6 aromatic rings. The minimum atomic E-state index is 0.853. The molecule has 0 atom stereocenters. The molecule has 5 aromatic heterocycles. The second-order valence-corrected chi connectivity index (χ2v) is 7.91. The van der Waals surface area contributed by atoms with Crippen molar-refractivity contribution in [2.75, 3.05) is 0 Å². The first-order valence-electron chi connectivity index (χ1n) is 9.79. The standard InChI is InChI=1S/C24H16N6S/c1-2-17-9-14-29(22(17)26-10-1)19-5-3-18(4-6-19)23-28-21(24-27-13-15-31-24)16-30(23)20-7-11-25-12-8-20/h1-16H. The van der Waals surface area contributed by atoms with Gasteiger partial charge in [0.2, 0.25) is 0 Å². The van der Waals surface area contributed by atoms with Crippen molar-refractivity contribution in [2.24, 2.45) is 0 Å². The van der Waals surface area contributed by atoms with Crippen molar-refractivity contribution in [2.45, 2.75) is 0 Å². The summed E-state index contributed by atoms with van der Waals surface area (Å²) in [5.74, 6) is 0.860. The average molecular weight is 421 g/mol. The predicted molar refractivity (Wildman–Crippen MR) is 123 cm³/mol. The van der Waals surface area contributed by atoms with Crippen LogP contribution in [0.15, 0.2) is 97.2 Å². The van der Waals surface area contributed by atoms with Gasteiger partial charge in [0.05, 0.1) is 5.69 Å². The van der Waals surface area contributed by atoms with Crippen LogP contribution in [0.1, 0.15) is 0 Å². The van der Waals surface area contributed by atoms with Gasteiger partial charge in [-0.3, -0.25) is 9.55 Å². The van der Waals surface area contributed by atoms with E-state index < -0.39 is 0 Å². The summed E-state index contributed by atoms with van der Waals surface area (Å²) in [6.45, 7) is 0. The third-order valence-electron chi connectivity index (χ3n) is 5.15.